The highest BCUT2D eigenvalue weighted by Gasteiger charge is 2.03. The highest BCUT2D eigenvalue weighted by Crippen LogP contribution is 2.17. The zero-order valence-corrected chi connectivity index (χ0v) is 16.6. The van der Waals surface area contributed by atoms with E-state index in [9.17, 15) is 10.1 Å². The summed E-state index contributed by atoms with van der Waals surface area (Å²) in [6.45, 7) is 2.69. The average Bonchev–Trinajstić information content (AvgIpc) is 2.74. The number of ether oxygens (including phenoxy) is 1. The summed E-state index contributed by atoms with van der Waals surface area (Å²) in [6.07, 6.45) is 0. The van der Waals surface area contributed by atoms with Crippen molar-refractivity contribution in [1.82, 2.24) is 5.32 Å². The molecule has 7 heteroatoms. The zero-order valence-electron chi connectivity index (χ0n) is 15.8. The highest BCUT2D eigenvalue weighted by molar-refractivity contribution is 6.30. The first kappa shape index (κ1) is 20.6. The molecule has 0 unspecified atom stereocenters. The lowest BCUT2D eigenvalue weighted by molar-refractivity contribution is -0.384. The second-order valence-corrected chi connectivity index (χ2v) is 6.91. The molecule has 0 radical (unpaired) electrons. The number of nitrogens with zero attached hydrogens (tertiary/aromatic N) is 1. The monoisotopic (exact) mass is 411 g/mol. The highest BCUT2D eigenvalue weighted by atomic mass is 35.5. The van der Waals surface area contributed by atoms with Crippen molar-refractivity contribution in [3.8, 4) is 5.75 Å². The molecule has 29 heavy (non-hydrogen) atoms. The lowest BCUT2D eigenvalue weighted by Gasteiger charge is -2.10. The molecule has 2 N–H and O–H groups in total. The fourth-order valence-corrected chi connectivity index (χ4v) is 2.85. The maximum absolute atomic E-state index is 10.7. The van der Waals surface area contributed by atoms with E-state index in [0.717, 1.165) is 35.7 Å². The Morgan fingerprint density at radius 1 is 0.931 bits per heavy atom. The minimum absolute atomic E-state index is 0.0897. The van der Waals surface area contributed by atoms with E-state index in [1.165, 1.54) is 12.1 Å². The first-order valence-electron chi connectivity index (χ1n) is 9.25. The lowest BCUT2D eigenvalue weighted by atomic mass is 10.2. The predicted octanol–water partition coefficient (Wildman–Crippen LogP) is 5.03. The van der Waals surface area contributed by atoms with E-state index in [1.807, 2.05) is 48.5 Å². The fourth-order valence-electron chi connectivity index (χ4n) is 2.72. The summed E-state index contributed by atoms with van der Waals surface area (Å²) in [5, 5.41) is 18.0. The van der Waals surface area contributed by atoms with Crippen LogP contribution in [0.3, 0.4) is 0 Å². The summed E-state index contributed by atoms with van der Waals surface area (Å²) >= 11 is 5.90. The number of rotatable bonds is 10. The molecule has 0 aliphatic carbocycles. The Hall–Kier alpha value is -3.09. The van der Waals surface area contributed by atoms with Crippen LogP contribution in [0.4, 0.5) is 11.4 Å². The minimum Gasteiger partial charge on any atom is -0.489 e. The van der Waals surface area contributed by atoms with Crippen molar-refractivity contribution in [2.75, 3.05) is 18.4 Å². The molecular formula is C22H22ClN3O3. The van der Waals surface area contributed by atoms with Crippen LogP contribution in [-0.4, -0.2) is 18.0 Å². The maximum atomic E-state index is 10.7. The number of nitro benzene ring substituents is 1. The molecule has 0 fully saturated rings. The first-order valence-corrected chi connectivity index (χ1v) is 9.63. The number of hydrogen-bond donors (Lipinski definition) is 2. The van der Waals surface area contributed by atoms with Gasteiger partial charge in [0.05, 0.1) is 4.92 Å². The molecule has 3 aromatic carbocycles. The van der Waals surface area contributed by atoms with Crippen LogP contribution in [0, 0.1) is 10.1 Å². The Morgan fingerprint density at radius 2 is 1.69 bits per heavy atom. The third kappa shape index (κ3) is 6.78. The molecule has 0 aliphatic rings. The van der Waals surface area contributed by atoms with E-state index in [4.69, 9.17) is 16.3 Å². The molecule has 6 nitrogen and oxygen atoms in total. The largest absolute Gasteiger partial charge is 0.489 e. The number of nitrogens with one attached hydrogen (secondary N) is 2. The molecule has 150 valence electrons. The number of benzene rings is 3. The van der Waals surface area contributed by atoms with Gasteiger partial charge >= 0.3 is 0 Å². The first-order chi connectivity index (χ1) is 14.1. The molecule has 0 aromatic heterocycles. The summed E-state index contributed by atoms with van der Waals surface area (Å²) in [4.78, 5) is 10.3. The van der Waals surface area contributed by atoms with Crippen molar-refractivity contribution in [3.63, 3.8) is 0 Å². The summed E-state index contributed by atoms with van der Waals surface area (Å²) < 4.78 is 5.85. The van der Waals surface area contributed by atoms with E-state index in [0.29, 0.717) is 18.2 Å². The Morgan fingerprint density at radius 3 is 2.41 bits per heavy atom. The summed E-state index contributed by atoms with van der Waals surface area (Å²) in [7, 11) is 0. The van der Waals surface area contributed by atoms with Crippen LogP contribution < -0.4 is 15.4 Å². The van der Waals surface area contributed by atoms with E-state index in [-0.39, 0.29) is 5.69 Å². The third-order valence-corrected chi connectivity index (χ3v) is 4.51. The third-order valence-electron chi connectivity index (χ3n) is 4.26. The number of halogens is 1. The summed E-state index contributed by atoms with van der Waals surface area (Å²) in [5.41, 5.74) is 3.14. The standard InChI is InChI=1S/C22H22ClN3O3/c23-19-6-4-17(5-7-19)16-29-22-3-1-2-18(14-22)15-24-12-13-25-20-8-10-21(11-9-20)26(27)28/h1-11,14,24-25H,12-13,15-16H2. The SMILES string of the molecule is O=[N+]([O-])c1ccc(NCCNCc2cccc(OCc3ccc(Cl)cc3)c2)cc1. The molecule has 0 saturated heterocycles. The van der Waals surface area contributed by atoms with Gasteiger partial charge in [0.15, 0.2) is 0 Å². The van der Waals surface area contributed by atoms with Gasteiger partial charge in [-0.2, -0.15) is 0 Å². The molecule has 3 aromatic rings. The van der Waals surface area contributed by atoms with Gasteiger partial charge in [-0.05, 0) is 47.5 Å². The molecule has 0 atom stereocenters. The molecule has 3 rings (SSSR count). The second kappa shape index (κ2) is 10.5. The lowest BCUT2D eigenvalue weighted by Crippen LogP contribution is -2.21. The van der Waals surface area contributed by atoms with Gasteiger partial charge in [0.25, 0.3) is 5.69 Å². The van der Waals surface area contributed by atoms with Crippen LogP contribution in [0.2, 0.25) is 5.02 Å². The Balaban J connectivity index is 1.38. The topological polar surface area (TPSA) is 76.4 Å². The summed E-state index contributed by atoms with van der Waals surface area (Å²) in [6, 6.07) is 22.0. The molecule has 0 saturated carbocycles. The van der Waals surface area contributed by atoms with Crippen LogP contribution in [0.5, 0.6) is 5.75 Å². The van der Waals surface area contributed by atoms with Crippen LogP contribution >= 0.6 is 11.6 Å². The van der Waals surface area contributed by atoms with Crippen molar-refractivity contribution in [3.05, 3.63) is 99.1 Å². The van der Waals surface area contributed by atoms with Crippen molar-refractivity contribution in [1.29, 1.82) is 0 Å². The van der Waals surface area contributed by atoms with Gasteiger partial charge in [-0.3, -0.25) is 10.1 Å². The number of nitro groups is 1. The van der Waals surface area contributed by atoms with Gasteiger partial charge in [-0.15, -0.1) is 0 Å². The quantitative estimate of drug-likeness (QED) is 0.278. The zero-order chi connectivity index (χ0) is 20.5. The van der Waals surface area contributed by atoms with Gasteiger partial charge in [0.1, 0.15) is 12.4 Å². The molecule has 0 spiro atoms. The summed E-state index contributed by atoms with van der Waals surface area (Å²) in [5.74, 6) is 0.822. The Bertz CT molecular complexity index is 931. The predicted molar refractivity (Wildman–Crippen MR) is 116 cm³/mol. The molecule has 0 aliphatic heterocycles. The number of hydrogen-bond acceptors (Lipinski definition) is 5. The van der Waals surface area contributed by atoms with E-state index < -0.39 is 4.92 Å². The van der Waals surface area contributed by atoms with E-state index >= 15 is 0 Å². The van der Waals surface area contributed by atoms with Gasteiger partial charge in [0.2, 0.25) is 0 Å². The number of non-ortho nitro benzene ring substituents is 1. The average molecular weight is 412 g/mol. The van der Waals surface area contributed by atoms with Gasteiger partial charge in [-0.25, -0.2) is 0 Å². The second-order valence-electron chi connectivity index (χ2n) is 6.47. The molecular weight excluding hydrogens is 390 g/mol. The Labute approximate surface area is 174 Å². The van der Waals surface area contributed by atoms with Gasteiger partial charge in [-0.1, -0.05) is 35.9 Å². The van der Waals surface area contributed by atoms with Crippen molar-refractivity contribution < 1.29 is 9.66 Å². The minimum atomic E-state index is -0.404. The Kier molecular flexibility index (Phi) is 7.44. The smallest absolute Gasteiger partial charge is 0.269 e. The van der Waals surface area contributed by atoms with Crippen molar-refractivity contribution in [2.45, 2.75) is 13.2 Å². The van der Waals surface area contributed by atoms with Crippen LogP contribution in [0.25, 0.3) is 0 Å². The van der Waals surface area contributed by atoms with Crippen LogP contribution in [0.15, 0.2) is 72.8 Å². The van der Waals surface area contributed by atoms with Gasteiger partial charge < -0.3 is 15.4 Å². The van der Waals surface area contributed by atoms with E-state index in [1.54, 1.807) is 12.1 Å². The van der Waals surface area contributed by atoms with E-state index in [2.05, 4.69) is 10.6 Å². The van der Waals surface area contributed by atoms with Crippen molar-refractivity contribution >= 4 is 23.0 Å². The fraction of sp³-hybridized carbons (Fsp3) is 0.182. The van der Waals surface area contributed by atoms with Crippen LogP contribution in [-0.2, 0) is 13.2 Å². The normalized spacial score (nSPS) is 10.5. The molecule has 0 amide bonds. The maximum Gasteiger partial charge on any atom is 0.269 e. The van der Waals surface area contributed by atoms with Crippen LogP contribution in [0.1, 0.15) is 11.1 Å². The molecule has 0 bridgehead atoms. The molecule has 0 heterocycles. The van der Waals surface area contributed by atoms with Gasteiger partial charge in [0, 0.05) is 42.5 Å². The van der Waals surface area contributed by atoms with Crippen molar-refractivity contribution in [2.24, 2.45) is 0 Å². The number of anilines is 1.